The molecule has 0 unspecified atom stereocenters. The Morgan fingerprint density at radius 1 is 1.00 bits per heavy atom. The van der Waals surface area contributed by atoms with Gasteiger partial charge in [-0.1, -0.05) is 25.3 Å². The van der Waals surface area contributed by atoms with Gasteiger partial charge in [-0.05, 0) is 0 Å². The molecule has 0 aromatic rings. The molecular formula is C2H8N4O2S3. The first kappa shape index (κ1) is 17.1. The lowest BCUT2D eigenvalue weighted by Gasteiger charge is -1.79. The third-order valence-corrected chi connectivity index (χ3v) is 0.505. The number of nitrogens with two attached hydrogens (primary N) is 2. The fraction of sp³-hybridized carbons (Fsp3) is 0. The molecular weight excluding hydrogens is 208 g/mol. The van der Waals surface area contributed by atoms with Crippen LogP contribution in [0, 0.1) is 0 Å². The number of hydrogen-bond donors (Lipinski definition) is 6. The predicted molar refractivity (Wildman–Crippen MR) is 51.0 cm³/mol. The van der Waals surface area contributed by atoms with E-state index in [2.05, 4.69) is 36.9 Å². The zero-order valence-electron chi connectivity index (χ0n) is 5.27. The fourth-order valence-electron chi connectivity index (χ4n) is 0. The van der Waals surface area contributed by atoms with E-state index in [0.29, 0.717) is 0 Å². The van der Waals surface area contributed by atoms with Gasteiger partial charge in [0.05, 0.1) is 0 Å². The van der Waals surface area contributed by atoms with E-state index in [9.17, 15) is 9.59 Å². The van der Waals surface area contributed by atoms with E-state index in [-0.39, 0.29) is 13.5 Å². The third kappa shape index (κ3) is 40.6. The van der Waals surface area contributed by atoms with Gasteiger partial charge < -0.3 is 0 Å². The van der Waals surface area contributed by atoms with Crippen molar-refractivity contribution in [3.63, 3.8) is 0 Å². The van der Waals surface area contributed by atoms with Crippen LogP contribution in [0.15, 0.2) is 0 Å². The Morgan fingerprint density at radius 2 is 1.09 bits per heavy atom. The minimum Gasteiger partial charge on any atom is -0.285 e. The molecule has 0 aromatic carbocycles. The molecule has 11 heavy (non-hydrogen) atoms. The number of nitrogens with one attached hydrogen (secondary N) is 2. The van der Waals surface area contributed by atoms with Crippen molar-refractivity contribution in [2.24, 2.45) is 11.7 Å². The maximum absolute atomic E-state index is 9.44. The zero-order chi connectivity index (χ0) is 8.57. The Balaban J connectivity index is -0.000000107. The minimum absolute atomic E-state index is 0. The first-order valence-electron chi connectivity index (χ1n) is 1.93. The lowest BCUT2D eigenvalue weighted by Crippen LogP contribution is -2.23. The zero-order valence-corrected chi connectivity index (χ0v) is 7.88. The van der Waals surface area contributed by atoms with Crippen molar-refractivity contribution in [3.8, 4) is 0 Å². The average Bonchev–Trinajstić information content (AvgIpc) is 1.89. The van der Waals surface area contributed by atoms with Crippen LogP contribution in [0.25, 0.3) is 0 Å². The number of carbonyl (C=O) groups excluding carboxylic acids is 2. The molecule has 0 aromatic heterocycles. The van der Waals surface area contributed by atoms with Crippen molar-refractivity contribution in [2.45, 2.75) is 0 Å². The van der Waals surface area contributed by atoms with Crippen LogP contribution in [-0.2, 0) is 0 Å². The van der Waals surface area contributed by atoms with Gasteiger partial charge in [-0.15, -0.1) is 0 Å². The van der Waals surface area contributed by atoms with Gasteiger partial charge in [0.25, 0.3) is 10.5 Å². The molecule has 0 fully saturated rings. The smallest absolute Gasteiger partial charge is 0.285 e. The van der Waals surface area contributed by atoms with Crippen molar-refractivity contribution in [1.82, 2.24) is 10.9 Å². The first-order chi connectivity index (χ1) is 4.54. The highest BCUT2D eigenvalue weighted by molar-refractivity contribution is 7.96. The molecule has 0 atom stereocenters. The number of thiol groups is 2. The second kappa shape index (κ2) is 12.6. The van der Waals surface area contributed by atoms with Crippen LogP contribution in [-0.4, -0.2) is 10.5 Å². The minimum atomic E-state index is -0.523. The molecule has 0 aliphatic heterocycles. The van der Waals surface area contributed by atoms with Crippen LogP contribution < -0.4 is 22.5 Å². The molecule has 0 bridgehead atoms. The van der Waals surface area contributed by atoms with Gasteiger partial charge in [-0.2, -0.15) is 0 Å². The fourth-order valence-corrected chi connectivity index (χ4v) is 0. The molecule has 0 rings (SSSR count). The summed E-state index contributed by atoms with van der Waals surface area (Å²) in [5.41, 5.74) is 3.51. The number of rotatable bonds is 0. The highest BCUT2D eigenvalue weighted by Gasteiger charge is 1.75. The molecule has 0 saturated carbocycles. The molecule has 0 heterocycles. The summed E-state index contributed by atoms with van der Waals surface area (Å²) < 4.78 is 0. The molecule has 2 radical (unpaired) electrons. The Morgan fingerprint density at radius 3 is 1.09 bits per heavy atom. The monoisotopic (exact) mass is 216 g/mol. The van der Waals surface area contributed by atoms with E-state index in [1.54, 1.807) is 10.9 Å². The molecule has 6 nitrogen and oxygen atoms in total. The number of amides is 2. The topological polar surface area (TPSA) is 110 Å². The van der Waals surface area contributed by atoms with E-state index in [1.165, 1.54) is 0 Å². The summed E-state index contributed by atoms with van der Waals surface area (Å²) in [7, 11) is 0. The van der Waals surface area contributed by atoms with Crippen LogP contribution in [0.5, 0.6) is 0 Å². The Kier molecular flexibility index (Phi) is 19.6. The van der Waals surface area contributed by atoms with Gasteiger partial charge in [0, 0.05) is 13.5 Å². The van der Waals surface area contributed by atoms with Crippen LogP contribution in [0.4, 0.5) is 9.59 Å². The van der Waals surface area contributed by atoms with Gasteiger partial charge in [-0.3, -0.25) is 20.4 Å². The number of hydrogen-bond acceptors (Lipinski definition) is 4. The molecule has 0 saturated heterocycles. The molecule has 0 spiro atoms. The quantitative estimate of drug-likeness (QED) is 0.144. The third-order valence-electron chi connectivity index (χ3n) is 0.247. The maximum atomic E-state index is 9.44. The lowest BCUT2D eigenvalue weighted by atomic mass is 11.4. The highest BCUT2D eigenvalue weighted by atomic mass is 32.1. The maximum Gasteiger partial charge on any atom is 0.289 e. The summed E-state index contributed by atoms with van der Waals surface area (Å²) in [6.45, 7) is 0. The van der Waals surface area contributed by atoms with Crippen LogP contribution >= 0.6 is 38.8 Å². The van der Waals surface area contributed by atoms with Gasteiger partial charge in [-0.25, -0.2) is 11.7 Å². The summed E-state index contributed by atoms with van der Waals surface area (Å²) >= 11 is 6.45. The molecule has 9 heteroatoms. The van der Waals surface area contributed by atoms with Crippen molar-refractivity contribution < 1.29 is 9.59 Å². The summed E-state index contributed by atoms with van der Waals surface area (Å²) in [5.74, 6) is 8.99. The standard InChI is InChI=1S/2CH4N2OS.S/c2*2-3-1(4)5;/h2*2H2,(H2,3,4,5);. The second-order valence-corrected chi connectivity index (χ2v) is 1.71. The molecule has 0 aliphatic carbocycles. The average molecular weight is 216 g/mol. The number of carbonyl (C=O) groups is 2. The largest absolute Gasteiger partial charge is 0.289 e. The summed E-state index contributed by atoms with van der Waals surface area (Å²) in [6, 6.07) is 0. The SMILES string of the molecule is NNC(=O)S.NNC(=O)S.[S]. The molecule has 0 aliphatic rings. The van der Waals surface area contributed by atoms with E-state index in [1.807, 2.05) is 0 Å². The van der Waals surface area contributed by atoms with Crippen LogP contribution in [0.1, 0.15) is 0 Å². The summed E-state index contributed by atoms with van der Waals surface area (Å²) in [4.78, 5) is 18.9. The van der Waals surface area contributed by atoms with E-state index in [4.69, 9.17) is 0 Å². The van der Waals surface area contributed by atoms with Gasteiger partial charge in [0.1, 0.15) is 0 Å². The van der Waals surface area contributed by atoms with Crippen molar-refractivity contribution in [3.05, 3.63) is 0 Å². The second-order valence-electron chi connectivity index (χ2n) is 0.899. The number of hydrazine groups is 2. The van der Waals surface area contributed by atoms with Crippen molar-refractivity contribution in [2.75, 3.05) is 0 Å². The molecule has 2 amide bonds. The first-order valence-corrected chi connectivity index (χ1v) is 2.83. The van der Waals surface area contributed by atoms with E-state index in [0.717, 1.165) is 0 Å². The van der Waals surface area contributed by atoms with Gasteiger partial charge >= 0.3 is 0 Å². The van der Waals surface area contributed by atoms with Crippen LogP contribution in [0.3, 0.4) is 0 Å². The summed E-state index contributed by atoms with van der Waals surface area (Å²) in [5, 5.41) is -1.05. The molecule has 6 N–H and O–H groups in total. The normalized spacial score (nSPS) is 6.18. The lowest BCUT2D eigenvalue weighted by molar-refractivity contribution is 0.260. The van der Waals surface area contributed by atoms with Crippen LogP contribution in [0.2, 0.25) is 0 Å². The highest BCUT2D eigenvalue weighted by Crippen LogP contribution is 1.66. The van der Waals surface area contributed by atoms with Crippen molar-refractivity contribution >= 4 is 49.2 Å². The van der Waals surface area contributed by atoms with Crippen molar-refractivity contribution in [1.29, 1.82) is 0 Å². The van der Waals surface area contributed by atoms with Gasteiger partial charge in [0.15, 0.2) is 0 Å². The van der Waals surface area contributed by atoms with E-state index >= 15 is 0 Å². The Bertz CT molecular complexity index is 106. The predicted octanol–water partition coefficient (Wildman–Crippen LogP) is -0.353. The summed E-state index contributed by atoms with van der Waals surface area (Å²) in [6.07, 6.45) is 0. The Hall–Kier alpha value is -0.0900. The van der Waals surface area contributed by atoms with Gasteiger partial charge in [0.2, 0.25) is 0 Å². The van der Waals surface area contributed by atoms with E-state index < -0.39 is 10.5 Å². The Labute approximate surface area is 81.7 Å². The molecule has 66 valence electrons.